The van der Waals surface area contributed by atoms with E-state index >= 15 is 0 Å². The topological polar surface area (TPSA) is 54.7 Å². The van der Waals surface area contributed by atoms with Gasteiger partial charge in [-0.3, -0.25) is 5.10 Å². The number of halogens is 2. The molecule has 0 atom stereocenters. The molecule has 0 fully saturated rings. The van der Waals surface area contributed by atoms with Gasteiger partial charge >= 0.3 is 0 Å². The van der Waals surface area contributed by atoms with Gasteiger partial charge < -0.3 is 5.73 Å². The van der Waals surface area contributed by atoms with Crippen LogP contribution < -0.4 is 5.73 Å². The zero-order valence-electron chi connectivity index (χ0n) is 7.09. The molecule has 5 heteroatoms. The van der Waals surface area contributed by atoms with Gasteiger partial charge in [0.2, 0.25) is 0 Å². The Balaban J connectivity index is 2.63. The van der Waals surface area contributed by atoms with Gasteiger partial charge in [-0.15, -0.1) is 0 Å². The molecule has 0 amide bonds. The van der Waals surface area contributed by atoms with E-state index in [-0.39, 0.29) is 5.82 Å². The zero-order chi connectivity index (χ0) is 10.1. The first-order valence-corrected chi connectivity index (χ1v) is 4.72. The number of aromatic nitrogens is 2. The van der Waals surface area contributed by atoms with Crippen LogP contribution in [0.1, 0.15) is 0 Å². The second-order valence-electron chi connectivity index (χ2n) is 2.80. The molecule has 14 heavy (non-hydrogen) atoms. The number of nitrogen functional groups attached to an aromatic ring is 1. The molecular formula is C9H7BrFN3. The second kappa shape index (κ2) is 3.42. The lowest BCUT2D eigenvalue weighted by atomic mass is 10.1. The zero-order valence-corrected chi connectivity index (χ0v) is 8.68. The van der Waals surface area contributed by atoms with E-state index < -0.39 is 0 Å². The van der Waals surface area contributed by atoms with Crippen molar-refractivity contribution < 1.29 is 4.39 Å². The Morgan fingerprint density at radius 1 is 1.43 bits per heavy atom. The van der Waals surface area contributed by atoms with Crippen molar-refractivity contribution >= 4 is 21.6 Å². The summed E-state index contributed by atoms with van der Waals surface area (Å²) < 4.78 is 14.0. The summed E-state index contributed by atoms with van der Waals surface area (Å²) in [5, 5.41) is 6.39. The molecule has 0 aliphatic carbocycles. The molecule has 0 bridgehead atoms. The van der Waals surface area contributed by atoms with E-state index in [0.717, 1.165) is 0 Å². The Bertz CT molecular complexity index is 467. The van der Waals surface area contributed by atoms with Crippen LogP contribution in [0.4, 0.5) is 10.1 Å². The first-order chi connectivity index (χ1) is 6.70. The summed E-state index contributed by atoms with van der Waals surface area (Å²) in [5.74, 6) is -0.344. The van der Waals surface area contributed by atoms with Crippen LogP contribution in [0.2, 0.25) is 0 Å². The highest BCUT2D eigenvalue weighted by molar-refractivity contribution is 9.10. The van der Waals surface area contributed by atoms with Gasteiger partial charge in [0.05, 0.1) is 22.1 Å². The van der Waals surface area contributed by atoms with Gasteiger partial charge in [0.1, 0.15) is 5.82 Å². The molecule has 1 aromatic carbocycles. The van der Waals surface area contributed by atoms with Gasteiger partial charge in [-0.05, 0) is 28.1 Å². The van der Waals surface area contributed by atoms with E-state index in [1.54, 1.807) is 18.2 Å². The van der Waals surface area contributed by atoms with Gasteiger partial charge in [-0.25, -0.2) is 4.39 Å². The van der Waals surface area contributed by atoms with Crippen molar-refractivity contribution in [3.05, 3.63) is 34.7 Å². The number of rotatable bonds is 1. The molecule has 3 N–H and O–H groups in total. The monoisotopic (exact) mass is 255 g/mol. The Morgan fingerprint density at radius 2 is 2.21 bits per heavy atom. The fraction of sp³-hybridized carbons (Fsp3) is 0. The first-order valence-electron chi connectivity index (χ1n) is 3.93. The Kier molecular flexibility index (Phi) is 2.25. The van der Waals surface area contributed by atoms with Crippen LogP contribution in [0, 0.1) is 5.82 Å². The highest BCUT2D eigenvalue weighted by atomic mass is 79.9. The molecule has 1 heterocycles. The summed E-state index contributed by atoms with van der Waals surface area (Å²) in [7, 11) is 0. The van der Waals surface area contributed by atoms with Crippen molar-refractivity contribution in [3.63, 3.8) is 0 Å². The van der Waals surface area contributed by atoms with Crippen molar-refractivity contribution in [1.29, 1.82) is 0 Å². The fourth-order valence-corrected chi connectivity index (χ4v) is 1.57. The maximum Gasteiger partial charge on any atom is 0.146 e. The maximum absolute atomic E-state index is 13.6. The van der Waals surface area contributed by atoms with Crippen LogP contribution >= 0.6 is 15.9 Å². The van der Waals surface area contributed by atoms with Crippen molar-refractivity contribution in [3.8, 4) is 11.3 Å². The Morgan fingerprint density at radius 3 is 2.86 bits per heavy atom. The predicted octanol–water partition coefficient (Wildman–Crippen LogP) is 2.56. The average Bonchev–Trinajstić information content (AvgIpc) is 2.57. The average molecular weight is 256 g/mol. The highest BCUT2D eigenvalue weighted by Gasteiger charge is 2.11. The van der Waals surface area contributed by atoms with Crippen molar-refractivity contribution in [1.82, 2.24) is 10.2 Å². The third-order valence-electron chi connectivity index (χ3n) is 1.89. The number of hydrogen-bond acceptors (Lipinski definition) is 2. The summed E-state index contributed by atoms with van der Waals surface area (Å²) in [6.07, 6.45) is 1.45. The molecule has 0 aliphatic heterocycles. The van der Waals surface area contributed by atoms with E-state index in [9.17, 15) is 4.39 Å². The van der Waals surface area contributed by atoms with Crippen LogP contribution in [0.25, 0.3) is 11.3 Å². The molecule has 0 spiro atoms. The SMILES string of the molecule is Nc1cn[nH]c1-c1cccc(Br)c1F. The second-order valence-corrected chi connectivity index (χ2v) is 3.66. The van der Waals surface area contributed by atoms with Gasteiger partial charge in [0.25, 0.3) is 0 Å². The van der Waals surface area contributed by atoms with Gasteiger partial charge in [-0.1, -0.05) is 6.07 Å². The minimum Gasteiger partial charge on any atom is -0.396 e. The molecule has 0 radical (unpaired) electrons. The van der Waals surface area contributed by atoms with Crippen molar-refractivity contribution in [2.45, 2.75) is 0 Å². The molecular weight excluding hydrogens is 249 g/mol. The van der Waals surface area contributed by atoms with E-state index in [0.29, 0.717) is 21.4 Å². The number of aromatic amines is 1. The number of H-pyrrole nitrogens is 1. The summed E-state index contributed by atoms with van der Waals surface area (Å²) in [6, 6.07) is 5.01. The lowest BCUT2D eigenvalue weighted by Crippen LogP contribution is -1.90. The summed E-state index contributed by atoms with van der Waals surface area (Å²) in [5.41, 5.74) is 6.96. The van der Waals surface area contributed by atoms with Crippen molar-refractivity contribution in [2.75, 3.05) is 5.73 Å². The molecule has 0 saturated heterocycles. The van der Waals surface area contributed by atoms with Crippen LogP contribution in [0.15, 0.2) is 28.9 Å². The van der Waals surface area contributed by atoms with Crippen LogP contribution in [-0.4, -0.2) is 10.2 Å². The molecule has 72 valence electrons. The third kappa shape index (κ3) is 1.39. The molecule has 1 aromatic heterocycles. The van der Waals surface area contributed by atoms with Crippen LogP contribution in [0.3, 0.4) is 0 Å². The molecule has 3 nitrogen and oxygen atoms in total. The summed E-state index contributed by atoms with van der Waals surface area (Å²) in [6.45, 7) is 0. The normalized spacial score (nSPS) is 10.4. The lowest BCUT2D eigenvalue weighted by molar-refractivity contribution is 0.624. The minimum absolute atomic E-state index is 0.344. The van der Waals surface area contributed by atoms with E-state index in [2.05, 4.69) is 26.1 Å². The summed E-state index contributed by atoms with van der Waals surface area (Å²) >= 11 is 3.11. The first kappa shape index (κ1) is 9.21. The van der Waals surface area contributed by atoms with E-state index in [4.69, 9.17) is 5.73 Å². The number of nitrogens with two attached hydrogens (primary N) is 1. The van der Waals surface area contributed by atoms with E-state index in [1.165, 1.54) is 6.20 Å². The Hall–Kier alpha value is -1.36. The van der Waals surface area contributed by atoms with Crippen LogP contribution in [-0.2, 0) is 0 Å². The lowest BCUT2D eigenvalue weighted by Gasteiger charge is -2.02. The third-order valence-corrected chi connectivity index (χ3v) is 2.50. The van der Waals surface area contributed by atoms with Gasteiger partial charge in [0.15, 0.2) is 0 Å². The minimum atomic E-state index is -0.344. The summed E-state index contributed by atoms with van der Waals surface area (Å²) in [4.78, 5) is 0. The Labute approximate surface area is 88.3 Å². The number of benzene rings is 1. The van der Waals surface area contributed by atoms with Crippen molar-refractivity contribution in [2.24, 2.45) is 0 Å². The molecule has 0 unspecified atom stereocenters. The van der Waals surface area contributed by atoms with Crippen LogP contribution in [0.5, 0.6) is 0 Å². The predicted molar refractivity (Wildman–Crippen MR) is 56.1 cm³/mol. The van der Waals surface area contributed by atoms with Gasteiger partial charge in [0, 0.05) is 5.56 Å². The molecule has 0 saturated carbocycles. The number of hydrogen-bond donors (Lipinski definition) is 2. The number of nitrogens with zero attached hydrogens (tertiary/aromatic N) is 1. The van der Waals surface area contributed by atoms with Gasteiger partial charge in [-0.2, -0.15) is 5.10 Å². The highest BCUT2D eigenvalue weighted by Crippen LogP contribution is 2.29. The van der Waals surface area contributed by atoms with E-state index in [1.807, 2.05) is 0 Å². The fourth-order valence-electron chi connectivity index (χ4n) is 1.21. The standard InChI is InChI=1S/C9H7BrFN3/c10-6-3-1-2-5(8(6)11)9-7(12)4-13-14-9/h1-4H,12H2,(H,13,14). The molecule has 2 aromatic rings. The smallest absolute Gasteiger partial charge is 0.146 e. The molecule has 2 rings (SSSR count). The maximum atomic E-state index is 13.6. The largest absolute Gasteiger partial charge is 0.396 e. The number of nitrogens with one attached hydrogen (secondary N) is 1. The number of anilines is 1. The molecule has 0 aliphatic rings. The quantitative estimate of drug-likeness (QED) is 0.823.